The molecule has 0 fully saturated rings. The summed E-state index contributed by atoms with van der Waals surface area (Å²) in [6.45, 7) is 4.58. The van der Waals surface area contributed by atoms with Gasteiger partial charge in [-0.3, -0.25) is 0 Å². The van der Waals surface area contributed by atoms with E-state index in [1.807, 2.05) is 38.1 Å². The second-order valence-electron chi connectivity index (χ2n) is 4.16. The van der Waals surface area contributed by atoms with Crippen LogP contribution < -0.4 is 16.2 Å². The fraction of sp³-hybridized carbons (Fsp3) is 0.455. The second kappa shape index (κ2) is 4.33. The molecule has 0 aliphatic carbocycles. The molecule has 0 radical (unpaired) electrons. The van der Waals surface area contributed by atoms with Crippen LogP contribution in [0.15, 0.2) is 24.3 Å². The minimum Gasteiger partial charge on any atom is -0.493 e. The summed E-state index contributed by atoms with van der Waals surface area (Å²) in [5.41, 5.74) is 12.0. The summed E-state index contributed by atoms with van der Waals surface area (Å²) in [5.74, 6) is 0.800. The molecule has 1 aromatic rings. The van der Waals surface area contributed by atoms with Crippen molar-refractivity contribution in [1.82, 2.24) is 0 Å². The Morgan fingerprint density at radius 1 is 1.36 bits per heavy atom. The molecule has 0 bridgehead atoms. The second-order valence-corrected chi connectivity index (χ2v) is 4.16. The van der Waals surface area contributed by atoms with Gasteiger partial charge in [0, 0.05) is 17.3 Å². The van der Waals surface area contributed by atoms with Crippen molar-refractivity contribution in [3.8, 4) is 5.75 Å². The molecule has 0 aromatic heterocycles. The largest absolute Gasteiger partial charge is 0.493 e. The molecule has 1 aromatic carbocycles. The van der Waals surface area contributed by atoms with Gasteiger partial charge in [-0.2, -0.15) is 0 Å². The molecule has 0 heterocycles. The van der Waals surface area contributed by atoms with E-state index in [0.29, 0.717) is 6.61 Å². The van der Waals surface area contributed by atoms with Crippen molar-refractivity contribution >= 4 is 5.69 Å². The first-order valence-electron chi connectivity index (χ1n) is 4.75. The smallest absolute Gasteiger partial charge is 0.121 e. The van der Waals surface area contributed by atoms with Gasteiger partial charge in [0.15, 0.2) is 0 Å². The van der Waals surface area contributed by atoms with Crippen LogP contribution in [0.4, 0.5) is 5.69 Å². The molecule has 0 unspecified atom stereocenters. The van der Waals surface area contributed by atoms with Crippen LogP contribution in [-0.2, 0) is 0 Å². The third-order valence-electron chi connectivity index (χ3n) is 1.87. The lowest BCUT2D eigenvalue weighted by atomic mass is 10.0. The average molecular weight is 194 g/mol. The van der Waals surface area contributed by atoms with Gasteiger partial charge in [0.1, 0.15) is 5.75 Å². The third-order valence-corrected chi connectivity index (χ3v) is 1.87. The quantitative estimate of drug-likeness (QED) is 0.718. The van der Waals surface area contributed by atoms with Crippen molar-refractivity contribution in [2.75, 3.05) is 12.3 Å². The fourth-order valence-corrected chi connectivity index (χ4v) is 1.04. The van der Waals surface area contributed by atoms with Crippen LogP contribution in [0.1, 0.15) is 20.3 Å². The molecular weight excluding hydrogens is 176 g/mol. The molecule has 3 nitrogen and oxygen atoms in total. The molecule has 0 saturated heterocycles. The minimum atomic E-state index is -0.180. The van der Waals surface area contributed by atoms with Gasteiger partial charge in [-0.15, -0.1) is 0 Å². The number of hydrogen-bond acceptors (Lipinski definition) is 3. The molecule has 4 N–H and O–H groups in total. The van der Waals surface area contributed by atoms with Crippen LogP contribution in [0.5, 0.6) is 5.75 Å². The number of anilines is 1. The third kappa shape index (κ3) is 4.14. The molecule has 3 heteroatoms. The Morgan fingerprint density at radius 2 is 2.07 bits per heavy atom. The fourth-order valence-electron chi connectivity index (χ4n) is 1.04. The van der Waals surface area contributed by atoms with Crippen molar-refractivity contribution in [2.24, 2.45) is 5.73 Å². The molecule has 0 aliphatic rings. The first kappa shape index (κ1) is 10.9. The molecule has 0 spiro atoms. The molecule has 0 aliphatic heterocycles. The molecule has 78 valence electrons. The van der Waals surface area contributed by atoms with E-state index in [2.05, 4.69) is 0 Å². The highest BCUT2D eigenvalue weighted by Gasteiger charge is 2.09. The Labute approximate surface area is 85.0 Å². The zero-order valence-electron chi connectivity index (χ0n) is 8.79. The van der Waals surface area contributed by atoms with Crippen molar-refractivity contribution in [1.29, 1.82) is 0 Å². The molecule has 0 saturated carbocycles. The van der Waals surface area contributed by atoms with Crippen LogP contribution in [0.25, 0.3) is 0 Å². The molecule has 14 heavy (non-hydrogen) atoms. The van der Waals surface area contributed by atoms with Crippen LogP contribution in [0.2, 0.25) is 0 Å². The normalized spacial score (nSPS) is 11.4. The standard InChI is InChI=1S/C11H18N2O/c1-11(2,13)6-7-14-10-5-3-4-9(12)8-10/h3-5,8H,6-7,12-13H2,1-2H3. The van der Waals surface area contributed by atoms with Crippen LogP contribution in [0.3, 0.4) is 0 Å². The summed E-state index contributed by atoms with van der Waals surface area (Å²) < 4.78 is 5.50. The maximum Gasteiger partial charge on any atom is 0.121 e. The van der Waals surface area contributed by atoms with Gasteiger partial charge in [-0.25, -0.2) is 0 Å². The number of nitrogens with two attached hydrogens (primary N) is 2. The summed E-state index contributed by atoms with van der Waals surface area (Å²) in [6, 6.07) is 7.40. The van der Waals surface area contributed by atoms with Gasteiger partial charge in [-0.05, 0) is 32.4 Å². The van der Waals surface area contributed by atoms with Crippen molar-refractivity contribution in [3.05, 3.63) is 24.3 Å². The van der Waals surface area contributed by atoms with Crippen LogP contribution in [0, 0.1) is 0 Å². The Morgan fingerprint density at radius 3 is 2.64 bits per heavy atom. The Hall–Kier alpha value is -1.22. The minimum absolute atomic E-state index is 0.180. The van der Waals surface area contributed by atoms with E-state index >= 15 is 0 Å². The average Bonchev–Trinajstić information content (AvgIpc) is 2.01. The van der Waals surface area contributed by atoms with E-state index < -0.39 is 0 Å². The SMILES string of the molecule is CC(C)(N)CCOc1cccc(N)c1. The molecular formula is C11H18N2O. The first-order valence-corrected chi connectivity index (χ1v) is 4.75. The van der Waals surface area contributed by atoms with Crippen molar-refractivity contribution < 1.29 is 4.74 Å². The molecule has 0 amide bonds. The topological polar surface area (TPSA) is 61.3 Å². The van der Waals surface area contributed by atoms with Gasteiger partial charge < -0.3 is 16.2 Å². The number of benzene rings is 1. The van der Waals surface area contributed by atoms with E-state index in [9.17, 15) is 0 Å². The van der Waals surface area contributed by atoms with E-state index in [1.54, 1.807) is 0 Å². The Kier molecular flexibility index (Phi) is 3.36. The van der Waals surface area contributed by atoms with Gasteiger partial charge in [0.25, 0.3) is 0 Å². The van der Waals surface area contributed by atoms with E-state index in [-0.39, 0.29) is 5.54 Å². The monoisotopic (exact) mass is 194 g/mol. The number of hydrogen-bond donors (Lipinski definition) is 2. The highest BCUT2D eigenvalue weighted by molar-refractivity contribution is 5.43. The lowest BCUT2D eigenvalue weighted by molar-refractivity contribution is 0.274. The Balaban J connectivity index is 2.39. The zero-order chi connectivity index (χ0) is 10.6. The summed E-state index contributed by atoms with van der Waals surface area (Å²) in [6.07, 6.45) is 0.821. The zero-order valence-corrected chi connectivity index (χ0v) is 8.79. The molecule has 1 rings (SSSR count). The summed E-state index contributed by atoms with van der Waals surface area (Å²) in [4.78, 5) is 0. The van der Waals surface area contributed by atoms with Gasteiger partial charge >= 0.3 is 0 Å². The predicted octanol–water partition coefficient (Wildman–Crippen LogP) is 1.77. The predicted molar refractivity (Wildman–Crippen MR) is 59.2 cm³/mol. The highest BCUT2D eigenvalue weighted by Crippen LogP contribution is 2.15. The molecule has 0 atom stereocenters. The van der Waals surface area contributed by atoms with Crippen molar-refractivity contribution in [2.45, 2.75) is 25.8 Å². The summed E-state index contributed by atoms with van der Waals surface area (Å²) in [7, 11) is 0. The lowest BCUT2D eigenvalue weighted by Crippen LogP contribution is -2.33. The van der Waals surface area contributed by atoms with E-state index in [1.165, 1.54) is 0 Å². The van der Waals surface area contributed by atoms with E-state index in [4.69, 9.17) is 16.2 Å². The number of ether oxygens (including phenoxy) is 1. The summed E-state index contributed by atoms with van der Waals surface area (Å²) >= 11 is 0. The van der Waals surface area contributed by atoms with Crippen LogP contribution in [-0.4, -0.2) is 12.1 Å². The summed E-state index contributed by atoms with van der Waals surface area (Å²) in [5, 5.41) is 0. The van der Waals surface area contributed by atoms with Gasteiger partial charge in [0.05, 0.1) is 6.61 Å². The maximum absolute atomic E-state index is 5.82. The van der Waals surface area contributed by atoms with E-state index in [0.717, 1.165) is 17.9 Å². The van der Waals surface area contributed by atoms with Gasteiger partial charge in [-0.1, -0.05) is 6.07 Å². The first-order chi connectivity index (χ1) is 6.47. The van der Waals surface area contributed by atoms with Gasteiger partial charge in [0.2, 0.25) is 0 Å². The maximum atomic E-state index is 5.82. The number of rotatable bonds is 4. The highest BCUT2D eigenvalue weighted by atomic mass is 16.5. The van der Waals surface area contributed by atoms with Crippen LogP contribution >= 0.6 is 0 Å². The number of nitrogen functional groups attached to an aromatic ring is 1. The van der Waals surface area contributed by atoms with Crippen molar-refractivity contribution in [3.63, 3.8) is 0 Å². The lowest BCUT2D eigenvalue weighted by Gasteiger charge is -2.18. The Bertz CT molecular complexity index is 292.